The Bertz CT molecular complexity index is 2700. The first-order chi connectivity index (χ1) is 26.1. The van der Waals surface area contributed by atoms with Crippen LogP contribution in [0.25, 0.3) is 66.1 Å². The van der Waals surface area contributed by atoms with Crippen LogP contribution in [0, 0.1) is 5.92 Å². The molecule has 0 fully saturated rings. The van der Waals surface area contributed by atoms with Crippen molar-refractivity contribution < 1.29 is 0 Å². The average Bonchev–Trinajstić information content (AvgIpc) is 3.56. The van der Waals surface area contributed by atoms with Crippen LogP contribution < -0.4 is 0 Å². The van der Waals surface area contributed by atoms with Crippen LogP contribution in [-0.2, 0) is 0 Å². The third kappa shape index (κ3) is 5.30. The number of benzene rings is 6. The van der Waals surface area contributed by atoms with Gasteiger partial charge in [0.05, 0.1) is 22.4 Å². The van der Waals surface area contributed by atoms with Gasteiger partial charge in [-0.05, 0) is 93.1 Å². The lowest BCUT2D eigenvalue weighted by Gasteiger charge is -2.39. The number of aromatic nitrogens is 1. The molecule has 0 saturated heterocycles. The Balaban J connectivity index is 1.15. The minimum atomic E-state index is -0.280. The summed E-state index contributed by atoms with van der Waals surface area (Å²) in [7, 11) is 2.24. The van der Waals surface area contributed by atoms with E-state index in [2.05, 4.69) is 187 Å². The molecule has 2 atom stereocenters. The Labute approximate surface area is 311 Å². The Morgan fingerprint density at radius 3 is 2.11 bits per heavy atom. The fourth-order valence-electron chi connectivity index (χ4n) is 8.83. The van der Waals surface area contributed by atoms with Crippen molar-refractivity contribution >= 4 is 49.6 Å². The number of nitrogens with zero attached hydrogens (tertiary/aromatic N) is 3. The lowest BCUT2D eigenvalue weighted by molar-refractivity contribution is 0.278. The van der Waals surface area contributed by atoms with Crippen LogP contribution >= 0.6 is 0 Å². The molecule has 0 spiro atoms. The molecule has 0 amide bonds. The monoisotopic (exact) mass is 683 g/mol. The van der Waals surface area contributed by atoms with E-state index in [1.807, 2.05) is 0 Å². The van der Waals surface area contributed by atoms with Gasteiger partial charge in [0.1, 0.15) is 0 Å². The van der Waals surface area contributed by atoms with Crippen LogP contribution in [0.5, 0.6) is 0 Å². The third-order valence-electron chi connectivity index (χ3n) is 11.5. The van der Waals surface area contributed by atoms with Crippen molar-refractivity contribution in [2.24, 2.45) is 10.9 Å². The first-order valence-electron chi connectivity index (χ1n) is 18.9. The molecule has 6 aromatic carbocycles. The molecule has 3 aliphatic rings. The highest BCUT2D eigenvalue weighted by atomic mass is 15.4. The van der Waals surface area contributed by atoms with Crippen LogP contribution in [0.15, 0.2) is 174 Å². The van der Waals surface area contributed by atoms with E-state index in [0.717, 1.165) is 25.0 Å². The van der Waals surface area contributed by atoms with Crippen molar-refractivity contribution in [3.63, 3.8) is 0 Å². The summed E-state index contributed by atoms with van der Waals surface area (Å²) in [5, 5.41) is 5.05. The van der Waals surface area contributed by atoms with E-state index in [1.165, 1.54) is 82.8 Å². The lowest BCUT2D eigenvalue weighted by Crippen LogP contribution is -2.35. The number of aliphatic imine (C=N–C) groups is 1. The largest absolute Gasteiger partial charge is 0.335 e. The van der Waals surface area contributed by atoms with Gasteiger partial charge in [0.25, 0.3) is 0 Å². The second-order valence-corrected chi connectivity index (χ2v) is 14.7. The molecular weight excluding hydrogens is 643 g/mol. The first kappa shape index (κ1) is 31.5. The highest BCUT2D eigenvalue weighted by molar-refractivity contribution is 6.21. The van der Waals surface area contributed by atoms with Gasteiger partial charge in [0.15, 0.2) is 0 Å². The van der Waals surface area contributed by atoms with Crippen molar-refractivity contribution in [3.8, 4) is 22.3 Å². The zero-order chi connectivity index (χ0) is 35.5. The molecule has 1 aliphatic heterocycles. The normalized spacial score (nSPS) is 18.5. The summed E-state index contributed by atoms with van der Waals surface area (Å²) in [5.74, 6) is 0.364. The van der Waals surface area contributed by atoms with Crippen molar-refractivity contribution in [1.82, 2.24) is 9.47 Å². The molecule has 2 unspecified atom stereocenters. The molecule has 0 bridgehead atoms. The molecule has 256 valence electrons. The smallest absolute Gasteiger partial charge is 0.203 e. The van der Waals surface area contributed by atoms with Gasteiger partial charge in [-0.25, -0.2) is 4.99 Å². The summed E-state index contributed by atoms with van der Waals surface area (Å²) < 4.78 is 2.49. The second kappa shape index (κ2) is 12.8. The number of rotatable bonds is 5. The lowest BCUT2D eigenvalue weighted by atomic mass is 9.84. The van der Waals surface area contributed by atoms with Gasteiger partial charge >= 0.3 is 0 Å². The van der Waals surface area contributed by atoms with E-state index in [9.17, 15) is 0 Å². The summed E-state index contributed by atoms with van der Waals surface area (Å²) in [6.45, 7) is 2.34. The van der Waals surface area contributed by atoms with Gasteiger partial charge in [-0.3, -0.25) is 0 Å². The van der Waals surface area contributed by atoms with Gasteiger partial charge < -0.3 is 9.47 Å². The Hall–Kier alpha value is -6.19. The summed E-state index contributed by atoms with van der Waals surface area (Å²) in [6.07, 6.45) is 14.2. The van der Waals surface area contributed by atoms with Gasteiger partial charge in [-0.2, -0.15) is 0 Å². The number of fused-ring (bicyclic) bond motifs is 6. The number of allylic oxidation sites excluding steroid dienone is 7. The van der Waals surface area contributed by atoms with Gasteiger partial charge in [-0.15, -0.1) is 0 Å². The number of hydrogen-bond donors (Lipinski definition) is 0. The minimum Gasteiger partial charge on any atom is -0.335 e. The van der Waals surface area contributed by atoms with E-state index in [0.29, 0.717) is 5.92 Å². The van der Waals surface area contributed by atoms with E-state index >= 15 is 0 Å². The van der Waals surface area contributed by atoms with Crippen molar-refractivity contribution in [2.45, 2.75) is 32.5 Å². The molecule has 2 aliphatic carbocycles. The standard InChI is InChI=1S/C50H41N3/c1-33-12-11-19-44-47(33)49(40-26-24-37(25-27-40)35-15-7-4-8-16-35)52(2)50(51-44)53-45-31-29-39-17-9-10-18-42(39)48(45)43-30-28-41(32-46(43)53)38-22-20-36(21-23-38)34-13-5-3-6-14-34/h3-5,7-11,13,15-33,50H,6,12,14H2,1-2H3. The van der Waals surface area contributed by atoms with Crippen molar-refractivity contribution in [3.05, 3.63) is 181 Å². The predicted molar refractivity (Wildman–Crippen MR) is 225 cm³/mol. The predicted octanol–water partition coefficient (Wildman–Crippen LogP) is 12.9. The SMILES string of the molecule is CC1CC=CC2=NC(n3c4cc(-c5ccc(C6=CC=CCC6)cc5)ccc4c4c5ccccc5ccc43)N(C)C(c3ccc(-c4ccccc4)cc3)=C21. The van der Waals surface area contributed by atoms with Crippen LogP contribution in [0.1, 0.15) is 43.6 Å². The topological polar surface area (TPSA) is 20.5 Å². The van der Waals surface area contributed by atoms with Crippen molar-refractivity contribution in [2.75, 3.05) is 7.05 Å². The minimum absolute atomic E-state index is 0.280. The van der Waals surface area contributed by atoms with E-state index in [4.69, 9.17) is 4.99 Å². The molecule has 2 heterocycles. The summed E-state index contributed by atoms with van der Waals surface area (Å²) in [5.41, 5.74) is 14.9. The van der Waals surface area contributed by atoms with Crippen LogP contribution in [0.4, 0.5) is 0 Å². The molecule has 3 nitrogen and oxygen atoms in total. The fourth-order valence-corrected chi connectivity index (χ4v) is 8.83. The maximum Gasteiger partial charge on any atom is 0.203 e. The van der Waals surface area contributed by atoms with Gasteiger partial charge in [0, 0.05) is 23.4 Å². The molecule has 7 aromatic rings. The van der Waals surface area contributed by atoms with E-state index < -0.39 is 0 Å². The van der Waals surface area contributed by atoms with Crippen molar-refractivity contribution in [1.29, 1.82) is 0 Å². The molecule has 0 N–H and O–H groups in total. The molecule has 0 radical (unpaired) electrons. The molecule has 10 rings (SSSR count). The van der Waals surface area contributed by atoms with Crippen LogP contribution in [0.3, 0.4) is 0 Å². The molecule has 3 heteroatoms. The quantitative estimate of drug-likeness (QED) is 0.177. The Morgan fingerprint density at radius 1 is 0.623 bits per heavy atom. The second-order valence-electron chi connectivity index (χ2n) is 14.7. The molecule has 1 aromatic heterocycles. The van der Waals surface area contributed by atoms with Crippen LogP contribution in [0.2, 0.25) is 0 Å². The molecular formula is C50H41N3. The van der Waals surface area contributed by atoms with Gasteiger partial charge in [-0.1, -0.05) is 153 Å². The maximum absolute atomic E-state index is 5.61. The highest BCUT2D eigenvalue weighted by Crippen LogP contribution is 2.45. The van der Waals surface area contributed by atoms with E-state index in [1.54, 1.807) is 0 Å². The first-order valence-corrected chi connectivity index (χ1v) is 18.9. The molecule has 53 heavy (non-hydrogen) atoms. The molecule has 0 saturated carbocycles. The zero-order valence-corrected chi connectivity index (χ0v) is 30.2. The summed E-state index contributed by atoms with van der Waals surface area (Å²) >= 11 is 0. The highest BCUT2D eigenvalue weighted by Gasteiger charge is 2.34. The van der Waals surface area contributed by atoms with E-state index in [-0.39, 0.29) is 6.29 Å². The van der Waals surface area contributed by atoms with Gasteiger partial charge in [0.2, 0.25) is 6.29 Å². The van der Waals surface area contributed by atoms with Crippen LogP contribution in [-0.4, -0.2) is 22.2 Å². The third-order valence-corrected chi connectivity index (χ3v) is 11.5. The fraction of sp³-hybridized carbons (Fsp3) is 0.140. The Kier molecular flexibility index (Phi) is 7.61. The zero-order valence-electron chi connectivity index (χ0n) is 30.2. The number of hydrogen-bond acceptors (Lipinski definition) is 2. The average molecular weight is 684 g/mol. The summed E-state index contributed by atoms with van der Waals surface area (Å²) in [6, 6.07) is 49.3. The Morgan fingerprint density at radius 2 is 1.32 bits per heavy atom. The summed E-state index contributed by atoms with van der Waals surface area (Å²) in [4.78, 5) is 8.04. The maximum atomic E-state index is 5.61.